The molecule has 0 saturated carbocycles. The highest BCUT2D eigenvalue weighted by atomic mass is 32.2. The molecule has 3 rings (SSSR count). The van der Waals surface area contributed by atoms with Gasteiger partial charge in [0.15, 0.2) is 0 Å². The van der Waals surface area contributed by atoms with Crippen LogP contribution in [0.4, 0.5) is 17.1 Å². The Hall–Kier alpha value is -3.59. The number of aromatic carboxylic acids is 1. The van der Waals surface area contributed by atoms with Crippen LogP contribution < -0.4 is 5.73 Å². The lowest BCUT2D eigenvalue weighted by molar-refractivity contribution is 0.0697. The van der Waals surface area contributed by atoms with Gasteiger partial charge in [0.2, 0.25) is 0 Å². The highest BCUT2D eigenvalue weighted by Crippen LogP contribution is 2.43. The maximum absolute atomic E-state index is 11.9. The minimum absolute atomic E-state index is 0.151. The second-order valence-corrected chi connectivity index (χ2v) is 8.96. The molecule has 0 atom stereocenters. The van der Waals surface area contributed by atoms with Crippen LogP contribution in [-0.2, 0) is 20.2 Å². The first-order valence-corrected chi connectivity index (χ1v) is 11.0. The first-order chi connectivity index (χ1) is 14.3. The smallest absolute Gasteiger partial charge is 0.337 e. The largest absolute Gasteiger partial charge is 0.507 e. The van der Waals surface area contributed by atoms with E-state index in [0.717, 1.165) is 12.1 Å². The lowest BCUT2D eigenvalue weighted by Gasteiger charge is -2.12. The molecular weight excluding hydrogens is 454 g/mol. The van der Waals surface area contributed by atoms with Crippen molar-refractivity contribution < 1.29 is 40.9 Å². The van der Waals surface area contributed by atoms with E-state index < -0.39 is 53.1 Å². The van der Waals surface area contributed by atoms with E-state index in [0.29, 0.717) is 6.07 Å². The lowest BCUT2D eigenvalue weighted by Crippen LogP contribution is -2.03. The second-order valence-electron chi connectivity index (χ2n) is 6.15. The summed E-state index contributed by atoms with van der Waals surface area (Å²) in [6, 6.07) is 7.68. The third-order valence-electron chi connectivity index (χ3n) is 4.13. The van der Waals surface area contributed by atoms with E-state index in [1.54, 1.807) is 0 Å². The molecule has 0 fully saturated rings. The molecule has 0 spiro atoms. The molecule has 0 heterocycles. The van der Waals surface area contributed by atoms with Crippen LogP contribution >= 0.6 is 0 Å². The number of carboxylic acid groups (broad SMARTS) is 1. The van der Waals surface area contributed by atoms with Crippen molar-refractivity contribution in [2.24, 2.45) is 10.2 Å². The van der Waals surface area contributed by atoms with Gasteiger partial charge in [-0.3, -0.25) is 9.11 Å². The Balaban J connectivity index is 2.35. The molecular formula is C17H13N3O9S2. The summed E-state index contributed by atoms with van der Waals surface area (Å²) < 4.78 is 65.3. The minimum Gasteiger partial charge on any atom is -0.507 e. The number of rotatable bonds is 5. The quantitative estimate of drug-likeness (QED) is 0.210. The number of carboxylic acids is 1. The van der Waals surface area contributed by atoms with Gasteiger partial charge in [0.05, 0.1) is 16.1 Å². The Kier molecular flexibility index (Phi) is 5.41. The molecule has 31 heavy (non-hydrogen) atoms. The van der Waals surface area contributed by atoms with E-state index in [9.17, 15) is 40.9 Å². The number of phenolic OH excluding ortho intramolecular Hbond substituents is 1. The average Bonchev–Trinajstić information content (AvgIpc) is 2.65. The van der Waals surface area contributed by atoms with Crippen molar-refractivity contribution in [2.45, 2.75) is 9.79 Å². The summed E-state index contributed by atoms with van der Waals surface area (Å²) in [5.74, 6) is -2.06. The summed E-state index contributed by atoms with van der Waals surface area (Å²) in [6.07, 6.45) is 0. The van der Waals surface area contributed by atoms with Gasteiger partial charge < -0.3 is 15.9 Å². The van der Waals surface area contributed by atoms with Crippen LogP contribution in [0, 0.1) is 0 Å². The van der Waals surface area contributed by atoms with Crippen LogP contribution in [0.5, 0.6) is 5.75 Å². The molecule has 0 aliphatic carbocycles. The van der Waals surface area contributed by atoms with Crippen LogP contribution in [0.1, 0.15) is 10.4 Å². The third kappa shape index (κ3) is 4.31. The van der Waals surface area contributed by atoms with Crippen LogP contribution in [-0.4, -0.2) is 42.1 Å². The van der Waals surface area contributed by atoms with Crippen LogP contribution in [0.15, 0.2) is 62.5 Å². The fourth-order valence-corrected chi connectivity index (χ4v) is 3.99. The number of benzene rings is 3. The highest BCUT2D eigenvalue weighted by molar-refractivity contribution is 7.86. The van der Waals surface area contributed by atoms with Gasteiger partial charge in [0, 0.05) is 11.5 Å². The molecule has 0 amide bonds. The molecule has 0 bridgehead atoms. The molecule has 0 aromatic heterocycles. The van der Waals surface area contributed by atoms with E-state index in [4.69, 9.17) is 5.73 Å². The lowest BCUT2D eigenvalue weighted by atomic mass is 10.1. The number of aromatic hydroxyl groups is 1. The molecule has 162 valence electrons. The van der Waals surface area contributed by atoms with Crippen molar-refractivity contribution in [3.05, 3.63) is 48.0 Å². The van der Waals surface area contributed by atoms with E-state index >= 15 is 0 Å². The maximum Gasteiger partial charge on any atom is 0.337 e. The van der Waals surface area contributed by atoms with Crippen LogP contribution in [0.3, 0.4) is 0 Å². The summed E-state index contributed by atoms with van der Waals surface area (Å²) in [5.41, 5.74) is 4.40. The molecule has 0 radical (unpaired) electrons. The van der Waals surface area contributed by atoms with Gasteiger partial charge in [-0.25, -0.2) is 4.79 Å². The van der Waals surface area contributed by atoms with Gasteiger partial charge in [-0.15, -0.1) is 10.2 Å². The fraction of sp³-hybridized carbons (Fsp3) is 0. The normalized spacial score (nSPS) is 12.5. The number of carbonyl (C=O) groups is 1. The van der Waals surface area contributed by atoms with Gasteiger partial charge in [-0.05, 0) is 29.7 Å². The van der Waals surface area contributed by atoms with Crippen LogP contribution in [0.25, 0.3) is 10.8 Å². The maximum atomic E-state index is 11.9. The summed E-state index contributed by atoms with van der Waals surface area (Å²) in [4.78, 5) is 9.66. The monoisotopic (exact) mass is 467 g/mol. The van der Waals surface area contributed by atoms with Gasteiger partial charge >= 0.3 is 5.97 Å². The summed E-state index contributed by atoms with van der Waals surface area (Å²) >= 11 is 0. The van der Waals surface area contributed by atoms with Gasteiger partial charge in [0.25, 0.3) is 20.2 Å². The molecule has 0 aliphatic heterocycles. The molecule has 0 aliphatic rings. The van der Waals surface area contributed by atoms with Gasteiger partial charge in [0.1, 0.15) is 22.0 Å². The molecule has 0 saturated heterocycles. The number of phenols is 1. The van der Waals surface area contributed by atoms with E-state index in [1.807, 2.05) is 0 Å². The number of nitrogen functional groups attached to an aromatic ring is 1. The zero-order valence-corrected chi connectivity index (χ0v) is 16.8. The molecule has 3 aromatic rings. The first-order valence-electron chi connectivity index (χ1n) is 8.09. The predicted octanol–water partition coefficient (Wildman–Crippen LogP) is 2.73. The topological polar surface area (TPSA) is 217 Å². The second kappa shape index (κ2) is 7.59. The van der Waals surface area contributed by atoms with Crippen molar-refractivity contribution in [3.8, 4) is 5.75 Å². The number of nitrogens with zero attached hydrogens (tertiary/aromatic N) is 2. The fourth-order valence-electron chi connectivity index (χ4n) is 2.78. The highest BCUT2D eigenvalue weighted by Gasteiger charge is 2.24. The standard InChI is InChI=1S/C17H13N3O9S2/c18-15-14-8(5-9(7-12(14)21)30(24,25)26)6-13(31(27,28)29)16(15)20-19-11-4-2-1-3-10(11)17(22)23/h1-7,21H,18H2,(H,22,23)(H,24,25,26)(H,27,28,29). The van der Waals surface area contributed by atoms with Crippen molar-refractivity contribution >= 4 is 54.0 Å². The molecule has 12 nitrogen and oxygen atoms in total. The number of hydrogen-bond acceptors (Lipinski definition) is 9. The summed E-state index contributed by atoms with van der Waals surface area (Å²) in [7, 11) is -9.74. The molecule has 6 N–H and O–H groups in total. The number of anilines is 1. The van der Waals surface area contributed by atoms with Crippen molar-refractivity contribution in [1.82, 2.24) is 0 Å². The Morgan fingerprint density at radius 3 is 2.16 bits per heavy atom. The zero-order chi connectivity index (χ0) is 23.1. The van der Waals surface area contributed by atoms with E-state index in [1.165, 1.54) is 24.3 Å². The Bertz CT molecular complexity index is 1480. The molecule has 3 aromatic carbocycles. The van der Waals surface area contributed by atoms with Crippen molar-refractivity contribution in [2.75, 3.05) is 5.73 Å². The van der Waals surface area contributed by atoms with Crippen molar-refractivity contribution in [3.63, 3.8) is 0 Å². The SMILES string of the molecule is Nc1c(N=Nc2ccccc2C(=O)O)c(S(=O)(=O)O)cc2cc(S(=O)(=O)O)cc(O)c12. The minimum atomic E-state index is -4.98. The third-order valence-corrected chi connectivity index (χ3v) is 5.83. The summed E-state index contributed by atoms with van der Waals surface area (Å²) in [6.45, 7) is 0. The molecule has 0 unspecified atom stereocenters. The Labute approximate surface area is 174 Å². The number of nitrogens with two attached hydrogens (primary N) is 1. The number of fused-ring (bicyclic) bond motifs is 1. The van der Waals surface area contributed by atoms with Gasteiger partial charge in [-0.1, -0.05) is 12.1 Å². The predicted molar refractivity (Wildman–Crippen MR) is 107 cm³/mol. The number of azo groups is 1. The number of hydrogen-bond donors (Lipinski definition) is 5. The van der Waals surface area contributed by atoms with Crippen LogP contribution in [0.2, 0.25) is 0 Å². The van der Waals surface area contributed by atoms with Gasteiger partial charge in [-0.2, -0.15) is 16.8 Å². The average molecular weight is 467 g/mol. The van der Waals surface area contributed by atoms with Crippen molar-refractivity contribution in [1.29, 1.82) is 0 Å². The zero-order valence-electron chi connectivity index (χ0n) is 15.2. The van der Waals surface area contributed by atoms with E-state index in [2.05, 4.69) is 10.2 Å². The Morgan fingerprint density at radius 1 is 0.935 bits per heavy atom. The first kappa shape index (κ1) is 22.1. The molecule has 14 heteroatoms. The Morgan fingerprint density at radius 2 is 1.58 bits per heavy atom. The summed E-state index contributed by atoms with van der Waals surface area (Å²) in [5, 5.41) is 26.3. The van der Waals surface area contributed by atoms with E-state index in [-0.39, 0.29) is 22.0 Å².